The summed E-state index contributed by atoms with van der Waals surface area (Å²) in [5, 5.41) is 10.8. The molecule has 1 unspecified atom stereocenters. The van der Waals surface area contributed by atoms with Crippen LogP contribution in [0.4, 0.5) is 11.4 Å². The molecular weight excluding hydrogens is 254 g/mol. The Morgan fingerprint density at radius 1 is 1.40 bits per heavy atom. The predicted molar refractivity (Wildman–Crippen MR) is 80.4 cm³/mol. The zero-order valence-electron chi connectivity index (χ0n) is 12.0. The fourth-order valence-electron chi connectivity index (χ4n) is 2.92. The number of hydrogen-bond donors (Lipinski definition) is 1. The molecule has 1 saturated heterocycles. The van der Waals surface area contributed by atoms with Gasteiger partial charge in [0.25, 0.3) is 5.69 Å². The van der Waals surface area contributed by atoms with Gasteiger partial charge in [0.05, 0.1) is 4.92 Å². The predicted octanol–water partition coefficient (Wildman–Crippen LogP) is 3.19. The molecule has 5 nitrogen and oxygen atoms in total. The van der Waals surface area contributed by atoms with Crippen LogP contribution in [0.3, 0.4) is 0 Å². The Kier molecular flexibility index (Phi) is 4.95. The van der Waals surface area contributed by atoms with Crippen LogP contribution in [0.1, 0.15) is 38.2 Å². The molecule has 0 saturated carbocycles. The fourth-order valence-corrected chi connectivity index (χ4v) is 2.92. The van der Waals surface area contributed by atoms with E-state index >= 15 is 0 Å². The van der Waals surface area contributed by atoms with Crippen LogP contribution in [0.25, 0.3) is 0 Å². The van der Waals surface area contributed by atoms with Crippen LogP contribution in [0.15, 0.2) is 18.2 Å². The molecule has 1 atom stereocenters. The first kappa shape index (κ1) is 14.8. The second-order valence-electron chi connectivity index (χ2n) is 5.63. The Bertz CT molecular complexity index is 476. The maximum Gasteiger partial charge on any atom is 0.292 e. The largest absolute Gasteiger partial charge is 0.393 e. The van der Waals surface area contributed by atoms with Crippen molar-refractivity contribution in [2.24, 2.45) is 5.92 Å². The number of hydrogen-bond acceptors (Lipinski definition) is 4. The highest BCUT2D eigenvalue weighted by molar-refractivity contribution is 5.59. The maximum absolute atomic E-state index is 10.8. The van der Waals surface area contributed by atoms with Gasteiger partial charge in [0.1, 0.15) is 5.69 Å². The summed E-state index contributed by atoms with van der Waals surface area (Å²) in [6.45, 7) is 5.30. The van der Waals surface area contributed by atoms with Crippen molar-refractivity contribution in [1.82, 2.24) is 4.90 Å². The Balaban J connectivity index is 1.99. The van der Waals surface area contributed by atoms with Crippen LogP contribution in [0.2, 0.25) is 0 Å². The molecule has 1 heterocycles. The third-order valence-corrected chi connectivity index (χ3v) is 4.21. The van der Waals surface area contributed by atoms with Crippen LogP contribution in [0, 0.1) is 16.0 Å². The van der Waals surface area contributed by atoms with Gasteiger partial charge < -0.3 is 5.73 Å². The van der Waals surface area contributed by atoms with Crippen molar-refractivity contribution < 1.29 is 4.92 Å². The minimum Gasteiger partial charge on any atom is -0.393 e. The number of rotatable bonds is 4. The number of nitro benzene ring substituents is 1. The van der Waals surface area contributed by atoms with E-state index in [0.717, 1.165) is 31.1 Å². The van der Waals surface area contributed by atoms with Crippen molar-refractivity contribution in [1.29, 1.82) is 0 Å². The van der Waals surface area contributed by atoms with Gasteiger partial charge in [0, 0.05) is 12.6 Å². The molecule has 0 bridgehead atoms. The van der Waals surface area contributed by atoms with Gasteiger partial charge in [-0.05, 0) is 49.9 Å². The van der Waals surface area contributed by atoms with Gasteiger partial charge in [-0.15, -0.1) is 0 Å². The average molecular weight is 277 g/mol. The zero-order valence-corrected chi connectivity index (χ0v) is 12.0. The van der Waals surface area contributed by atoms with E-state index in [9.17, 15) is 10.1 Å². The summed E-state index contributed by atoms with van der Waals surface area (Å²) < 4.78 is 0. The topological polar surface area (TPSA) is 72.4 Å². The van der Waals surface area contributed by atoms with Crippen molar-refractivity contribution in [3.8, 4) is 0 Å². The van der Waals surface area contributed by atoms with E-state index in [1.807, 2.05) is 6.07 Å². The van der Waals surface area contributed by atoms with Crippen LogP contribution < -0.4 is 5.73 Å². The molecule has 0 amide bonds. The fraction of sp³-hybridized carbons (Fsp3) is 0.600. The SMILES string of the molecule is CCC1CCCN(Cc2ccc([N+](=O)[O-])c(N)c2)CC1. The minimum atomic E-state index is -0.434. The number of anilines is 1. The lowest BCUT2D eigenvalue weighted by Crippen LogP contribution is -2.24. The van der Waals surface area contributed by atoms with E-state index in [0.29, 0.717) is 0 Å². The van der Waals surface area contributed by atoms with Crippen molar-refractivity contribution in [3.63, 3.8) is 0 Å². The third kappa shape index (κ3) is 3.70. The van der Waals surface area contributed by atoms with Crippen molar-refractivity contribution in [2.75, 3.05) is 18.8 Å². The van der Waals surface area contributed by atoms with Crippen LogP contribution in [0.5, 0.6) is 0 Å². The number of benzene rings is 1. The van der Waals surface area contributed by atoms with Gasteiger partial charge >= 0.3 is 0 Å². The molecule has 20 heavy (non-hydrogen) atoms. The van der Waals surface area contributed by atoms with Gasteiger partial charge in [0.2, 0.25) is 0 Å². The molecule has 1 aliphatic heterocycles. The molecule has 110 valence electrons. The highest BCUT2D eigenvalue weighted by atomic mass is 16.6. The summed E-state index contributed by atoms with van der Waals surface area (Å²) in [4.78, 5) is 12.7. The van der Waals surface area contributed by atoms with Crippen molar-refractivity contribution in [2.45, 2.75) is 39.2 Å². The number of nitrogen functional groups attached to an aromatic ring is 1. The second-order valence-corrected chi connectivity index (χ2v) is 5.63. The van der Waals surface area contributed by atoms with Crippen molar-refractivity contribution >= 4 is 11.4 Å². The molecule has 5 heteroatoms. The Morgan fingerprint density at radius 2 is 2.20 bits per heavy atom. The van der Waals surface area contributed by atoms with E-state index in [1.165, 1.54) is 31.7 Å². The lowest BCUT2D eigenvalue weighted by molar-refractivity contribution is -0.383. The second kappa shape index (κ2) is 6.70. The Morgan fingerprint density at radius 3 is 2.85 bits per heavy atom. The summed E-state index contributed by atoms with van der Waals surface area (Å²) >= 11 is 0. The summed E-state index contributed by atoms with van der Waals surface area (Å²) in [5.74, 6) is 0.849. The molecule has 0 aliphatic carbocycles. The van der Waals surface area contributed by atoms with Crippen LogP contribution >= 0.6 is 0 Å². The number of nitrogens with zero attached hydrogens (tertiary/aromatic N) is 2. The first-order chi connectivity index (χ1) is 9.60. The summed E-state index contributed by atoms with van der Waals surface area (Å²) in [7, 11) is 0. The van der Waals surface area contributed by atoms with E-state index in [-0.39, 0.29) is 11.4 Å². The van der Waals surface area contributed by atoms with Gasteiger partial charge in [0.15, 0.2) is 0 Å². The van der Waals surface area contributed by atoms with Crippen LogP contribution in [-0.2, 0) is 6.54 Å². The standard InChI is InChI=1S/C15H23N3O2/c1-2-12-4-3-8-17(9-7-12)11-13-5-6-15(18(19)20)14(16)10-13/h5-6,10,12H,2-4,7-9,11,16H2,1H3. The maximum atomic E-state index is 10.8. The molecule has 2 N–H and O–H groups in total. The molecule has 0 radical (unpaired) electrons. The molecular formula is C15H23N3O2. The van der Waals surface area contributed by atoms with E-state index in [1.54, 1.807) is 6.07 Å². The summed E-state index contributed by atoms with van der Waals surface area (Å²) in [5.41, 5.74) is 7.05. The van der Waals surface area contributed by atoms with E-state index in [2.05, 4.69) is 11.8 Å². The number of nitro groups is 1. The first-order valence-electron chi connectivity index (χ1n) is 7.35. The van der Waals surface area contributed by atoms with E-state index in [4.69, 9.17) is 5.73 Å². The normalized spacial score (nSPS) is 20.6. The van der Waals surface area contributed by atoms with Gasteiger partial charge in [-0.3, -0.25) is 15.0 Å². The van der Waals surface area contributed by atoms with Crippen LogP contribution in [-0.4, -0.2) is 22.9 Å². The van der Waals surface area contributed by atoms with Gasteiger partial charge in [-0.2, -0.15) is 0 Å². The van der Waals surface area contributed by atoms with Gasteiger partial charge in [-0.25, -0.2) is 0 Å². The molecule has 1 aromatic rings. The lowest BCUT2D eigenvalue weighted by Gasteiger charge is -2.20. The minimum absolute atomic E-state index is 0.00402. The molecule has 1 aliphatic rings. The zero-order chi connectivity index (χ0) is 14.5. The van der Waals surface area contributed by atoms with Crippen molar-refractivity contribution in [3.05, 3.63) is 33.9 Å². The smallest absolute Gasteiger partial charge is 0.292 e. The van der Waals surface area contributed by atoms with E-state index < -0.39 is 4.92 Å². The Labute approximate surface area is 119 Å². The summed E-state index contributed by atoms with van der Waals surface area (Å²) in [6.07, 6.45) is 5.06. The quantitative estimate of drug-likeness (QED) is 0.521. The molecule has 0 aromatic heterocycles. The molecule has 1 fully saturated rings. The average Bonchev–Trinajstić information content (AvgIpc) is 2.63. The highest BCUT2D eigenvalue weighted by Gasteiger charge is 2.17. The Hall–Kier alpha value is -1.62. The first-order valence-corrected chi connectivity index (χ1v) is 7.35. The monoisotopic (exact) mass is 277 g/mol. The third-order valence-electron chi connectivity index (χ3n) is 4.21. The molecule has 2 rings (SSSR count). The number of likely N-dealkylation sites (tertiary alicyclic amines) is 1. The molecule has 1 aromatic carbocycles. The lowest BCUT2D eigenvalue weighted by atomic mass is 9.98. The number of nitrogens with two attached hydrogens (primary N) is 1. The summed E-state index contributed by atoms with van der Waals surface area (Å²) in [6, 6.07) is 5.06. The highest BCUT2D eigenvalue weighted by Crippen LogP contribution is 2.25. The van der Waals surface area contributed by atoms with Gasteiger partial charge in [-0.1, -0.05) is 19.4 Å². The molecule has 0 spiro atoms.